The van der Waals surface area contributed by atoms with E-state index < -0.39 is 0 Å². The van der Waals surface area contributed by atoms with E-state index in [0.29, 0.717) is 18.1 Å². The maximum Gasteiger partial charge on any atom is 0.255 e. The van der Waals surface area contributed by atoms with E-state index in [9.17, 15) is 4.79 Å². The molecule has 2 aromatic rings. The van der Waals surface area contributed by atoms with Crippen LogP contribution in [-0.2, 0) is 6.42 Å². The summed E-state index contributed by atoms with van der Waals surface area (Å²) in [4.78, 5) is 12.6. The Morgan fingerprint density at radius 3 is 2.64 bits per heavy atom. The molecule has 0 atom stereocenters. The lowest BCUT2D eigenvalue weighted by Crippen LogP contribution is -2.14. The van der Waals surface area contributed by atoms with Gasteiger partial charge in [-0.3, -0.25) is 4.79 Å². The van der Waals surface area contributed by atoms with E-state index in [4.69, 9.17) is 4.74 Å². The molecular weight excluding hydrogens is 378 g/mol. The molecule has 0 fully saturated rings. The van der Waals surface area contributed by atoms with Crippen molar-refractivity contribution in [2.24, 2.45) is 5.92 Å². The molecule has 25 heavy (non-hydrogen) atoms. The zero-order chi connectivity index (χ0) is 18.4. The Labute approximate surface area is 158 Å². The molecule has 2 rings (SSSR count). The zero-order valence-corrected chi connectivity index (χ0v) is 16.9. The van der Waals surface area contributed by atoms with Crippen LogP contribution in [-0.4, -0.2) is 12.5 Å². The Kier molecular flexibility index (Phi) is 7.06. The molecular formula is C21H26BrNO2. The Hall–Kier alpha value is -1.81. The minimum Gasteiger partial charge on any atom is -0.492 e. The molecule has 0 radical (unpaired) electrons. The van der Waals surface area contributed by atoms with Crippen LogP contribution in [0.3, 0.4) is 0 Å². The predicted octanol–water partition coefficient (Wildman–Crippen LogP) is 6.00. The third kappa shape index (κ3) is 5.33. The van der Waals surface area contributed by atoms with E-state index in [2.05, 4.69) is 42.0 Å². The first-order valence-electron chi connectivity index (χ1n) is 8.74. The Bertz CT molecular complexity index is 741. The van der Waals surface area contributed by atoms with Crippen LogP contribution in [0.1, 0.15) is 48.7 Å². The fraction of sp³-hybridized carbons (Fsp3) is 0.381. The summed E-state index contributed by atoms with van der Waals surface area (Å²) in [5.41, 5.74) is 3.72. The Morgan fingerprint density at radius 1 is 1.24 bits per heavy atom. The fourth-order valence-corrected chi connectivity index (χ4v) is 3.04. The smallest absolute Gasteiger partial charge is 0.255 e. The molecule has 0 aliphatic heterocycles. The second kappa shape index (κ2) is 9.04. The van der Waals surface area contributed by atoms with Gasteiger partial charge in [0.25, 0.3) is 5.91 Å². The lowest BCUT2D eigenvalue weighted by Gasteiger charge is -2.14. The van der Waals surface area contributed by atoms with Gasteiger partial charge < -0.3 is 10.1 Å². The molecule has 0 aliphatic rings. The molecule has 0 saturated heterocycles. The SMILES string of the molecule is CCc1cccc(C)c1NC(=O)c1ccc(OCCC(C)C)c(Br)c1. The number of benzene rings is 2. The molecule has 0 unspecified atom stereocenters. The van der Waals surface area contributed by atoms with Crippen molar-refractivity contribution in [2.75, 3.05) is 11.9 Å². The minimum atomic E-state index is -0.113. The average molecular weight is 404 g/mol. The number of aryl methyl sites for hydroxylation is 2. The summed E-state index contributed by atoms with van der Waals surface area (Å²) >= 11 is 3.51. The average Bonchev–Trinajstić information content (AvgIpc) is 2.57. The monoisotopic (exact) mass is 403 g/mol. The van der Waals surface area contributed by atoms with Crippen LogP contribution < -0.4 is 10.1 Å². The van der Waals surface area contributed by atoms with Crippen LogP contribution in [0.15, 0.2) is 40.9 Å². The molecule has 0 spiro atoms. The summed E-state index contributed by atoms with van der Waals surface area (Å²) in [6.07, 6.45) is 1.88. The predicted molar refractivity (Wildman–Crippen MR) is 108 cm³/mol. The summed E-state index contributed by atoms with van der Waals surface area (Å²) in [6.45, 7) is 9.11. The maximum absolute atomic E-state index is 12.6. The topological polar surface area (TPSA) is 38.3 Å². The lowest BCUT2D eigenvalue weighted by molar-refractivity contribution is 0.102. The number of rotatable bonds is 7. The first kappa shape index (κ1) is 19.5. The first-order valence-corrected chi connectivity index (χ1v) is 9.53. The van der Waals surface area contributed by atoms with Crippen LogP contribution in [0.25, 0.3) is 0 Å². The van der Waals surface area contributed by atoms with E-state index in [1.165, 1.54) is 0 Å². The zero-order valence-electron chi connectivity index (χ0n) is 15.4. The molecule has 3 nitrogen and oxygen atoms in total. The van der Waals surface area contributed by atoms with Crippen molar-refractivity contribution in [1.29, 1.82) is 0 Å². The number of para-hydroxylation sites is 1. The number of amides is 1. The van der Waals surface area contributed by atoms with Gasteiger partial charge in [-0.1, -0.05) is 39.0 Å². The van der Waals surface area contributed by atoms with Crippen molar-refractivity contribution >= 4 is 27.5 Å². The fourth-order valence-electron chi connectivity index (χ4n) is 2.55. The van der Waals surface area contributed by atoms with Gasteiger partial charge in [0.1, 0.15) is 5.75 Å². The molecule has 0 aromatic heterocycles. The van der Waals surface area contributed by atoms with Gasteiger partial charge in [-0.2, -0.15) is 0 Å². The van der Waals surface area contributed by atoms with Gasteiger partial charge in [-0.25, -0.2) is 0 Å². The summed E-state index contributed by atoms with van der Waals surface area (Å²) in [5, 5.41) is 3.05. The van der Waals surface area contributed by atoms with Gasteiger partial charge in [0.2, 0.25) is 0 Å². The molecule has 134 valence electrons. The minimum absolute atomic E-state index is 0.113. The Morgan fingerprint density at radius 2 is 2.00 bits per heavy atom. The number of ether oxygens (including phenoxy) is 1. The maximum atomic E-state index is 12.6. The summed E-state index contributed by atoms with van der Waals surface area (Å²) < 4.78 is 6.57. The van der Waals surface area contributed by atoms with Crippen molar-refractivity contribution < 1.29 is 9.53 Å². The van der Waals surface area contributed by atoms with E-state index in [0.717, 1.165) is 39.9 Å². The summed E-state index contributed by atoms with van der Waals surface area (Å²) in [7, 11) is 0. The van der Waals surface area contributed by atoms with Crippen LogP contribution in [0.2, 0.25) is 0 Å². The second-order valence-electron chi connectivity index (χ2n) is 6.59. The lowest BCUT2D eigenvalue weighted by atomic mass is 10.1. The number of hydrogen-bond donors (Lipinski definition) is 1. The molecule has 0 heterocycles. The number of carbonyl (C=O) groups is 1. The quantitative estimate of drug-likeness (QED) is 0.615. The Balaban J connectivity index is 2.11. The largest absolute Gasteiger partial charge is 0.492 e. The number of hydrogen-bond acceptors (Lipinski definition) is 2. The number of halogens is 1. The molecule has 1 N–H and O–H groups in total. The van der Waals surface area contributed by atoms with E-state index in [-0.39, 0.29) is 5.91 Å². The van der Waals surface area contributed by atoms with Gasteiger partial charge >= 0.3 is 0 Å². The van der Waals surface area contributed by atoms with Crippen LogP contribution in [0.5, 0.6) is 5.75 Å². The van der Waals surface area contributed by atoms with E-state index in [1.54, 1.807) is 6.07 Å². The van der Waals surface area contributed by atoms with E-state index >= 15 is 0 Å². The van der Waals surface area contributed by atoms with E-state index in [1.807, 2.05) is 37.3 Å². The standard InChI is InChI=1S/C21H26BrNO2/c1-5-16-8-6-7-15(4)20(16)23-21(24)17-9-10-19(18(22)13-17)25-12-11-14(2)3/h6-10,13-14H,5,11-12H2,1-4H3,(H,23,24). The molecule has 0 saturated carbocycles. The number of nitrogens with one attached hydrogen (secondary N) is 1. The van der Waals surface area contributed by atoms with Crippen molar-refractivity contribution in [2.45, 2.75) is 40.5 Å². The first-order chi connectivity index (χ1) is 11.9. The van der Waals surface area contributed by atoms with Gasteiger partial charge in [0.05, 0.1) is 11.1 Å². The summed E-state index contributed by atoms with van der Waals surface area (Å²) in [6, 6.07) is 11.5. The molecule has 2 aromatic carbocycles. The van der Waals surface area contributed by atoms with Gasteiger partial charge in [-0.15, -0.1) is 0 Å². The van der Waals surface area contributed by atoms with Crippen LogP contribution >= 0.6 is 15.9 Å². The molecule has 4 heteroatoms. The third-order valence-electron chi connectivity index (χ3n) is 4.13. The third-order valence-corrected chi connectivity index (χ3v) is 4.75. The van der Waals surface area contributed by atoms with Crippen molar-refractivity contribution in [3.8, 4) is 5.75 Å². The highest BCUT2D eigenvalue weighted by molar-refractivity contribution is 9.10. The van der Waals surface area contributed by atoms with Crippen molar-refractivity contribution in [3.63, 3.8) is 0 Å². The van der Waals surface area contributed by atoms with Gasteiger partial charge in [-0.05, 0) is 70.9 Å². The number of anilines is 1. The number of carbonyl (C=O) groups excluding carboxylic acids is 1. The highest BCUT2D eigenvalue weighted by Gasteiger charge is 2.13. The second-order valence-corrected chi connectivity index (χ2v) is 7.45. The van der Waals surface area contributed by atoms with Crippen molar-refractivity contribution in [3.05, 3.63) is 57.6 Å². The molecule has 0 bridgehead atoms. The molecule has 0 aliphatic carbocycles. The molecule has 1 amide bonds. The van der Waals surface area contributed by atoms with Gasteiger partial charge in [0, 0.05) is 11.3 Å². The van der Waals surface area contributed by atoms with Crippen LogP contribution in [0, 0.1) is 12.8 Å². The van der Waals surface area contributed by atoms with Crippen molar-refractivity contribution in [1.82, 2.24) is 0 Å². The van der Waals surface area contributed by atoms with Gasteiger partial charge in [0.15, 0.2) is 0 Å². The normalized spacial score (nSPS) is 10.8. The summed E-state index contributed by atoms with van der Waals surface area (Å²) in [5.74, 6) is 1.26. The highest BCUT2D eigenvalue weighted by Crippen LogP contribution is 2.28. The van der Waals surface area contributed by atoms with Crippen LogP contribution in [0.4, 0.5) is 5.69 Å². The highest BCUT2D eigenvalue weighted by atomic mass is 79.9.